The molecule has 3 rings (SSSR count). The number of hydrogen-bond donors (Lipinski definition) is 2. The van der Waals surface area contributed by atoms with Crippen LogP contribution in [0.4, 0.5) is 9.18 Å². The van der Waals surface area contributed by atoms with Crippen LogP contribution in [0.25, 0.3) is 0 Å². The van der Waals surface area contributed by atoms with Crippen LogP contribution in [0.5, 0.6) is 0 Å². The molecule has 0 aliphatic carbocycles. The first-order chi connectivity index (χ1) is 12.2. The van der Waals surface area contributed by atoms with Crippen molar-refractivity contribution < 1.29 is 14.3 Å². The van der Waals surface area contributed by atoms with E-state index in [9.17, 15) is 14.3 Å². The van der Waals surface area contributed by atoms with Crippen LogP contribution in [0, 0.1) is 11.7 Å². The van der Waals surface area contributed by atoms with Crippen molar-refractivity contribution in [3.8, 4) is 0 Å². The highest BCUT2D eigenvalue weighted by molar-refractivity contribution is 5.75. The lowest BCUT2D eigenvalue weighted by Crippen LogP contribution is -2.46. The zero-order chi connectivity index (χ0) is 17.6. The standard InChI is InChI=1S/C20H23FN2O2/c21-18-8-4-7-17(13-18)19(16-5-2-1-3-6-16)22-20(25)23-11-9-15(14-24)10-12-23/h1-8,13,15,19,24H,9-12,14H2,(H,22,25)/t19-/m0/s1. The molecule has 0 spiro atoms. The molecule has 1 aliphatic heterocycles. The van der Waals surface area contributed by atoms with Crippen molar-refractivity contribution in [1.29, 1.82) is 0 Å². The van der Waals surface area contributed by atoms with Gasteiger partial charge in [0.05, 0.1) is 6.04 Å². The first-order valence-electron chi connectivity index (χ1n) is 8.64. The summed E-state index contributed by atoms with van der Waals surface area (Å²) in [7, 11) is 0. The zero-order valence-corrected chi connectivity index (χ0v) is 14.1. The number of carbonyl (C=O) groups is 1. The maximum atomic E-state index is 13.7. The Bertz CT molecular complexity index is 700. The van der Waals surface area contributed by atoms with E-state index in [4.69, 9.17) is 0 Å². The van der Waals surface area contributed by atoms with Crippen molar-refractivity contribution in [2.24, 2.45) is 5.92 Å². The third-order valence-corrected chi connectivity index (χ3v) is 4.74. The van der Waals surface area contributed by atoms with Gasteiger partial charge in [-0.1, -0.05) is 42.5 Å². The van der Waals surface area contributed by atoms with Crippen LogP contribution in [0.3, 0.4) is 0 Å². The second kappa shape index (κ2) is 8.12. The molecule has 0 aromatic heterocycles. The molecule has 1 fully saturated rings. The van der Waals surface area contributed by atoms with E-state index in [2.05, 4.69) is 5.32 Å². The van der Waals surface area contributed by atoms with Gasteiger partial charge in [-0.3, -0.25) is 0 Å². The molecule has 25 heavy (non-hydrogen) atoms. The maximum absolute atomic E-state index is 13.7. The number of aliphatic hydroxyl groups excluding tert-OH is 1. The largest absolute Gasteiger partial charge is 0.396 e. The normalized spacial score (nSPS) is 16.5. The Hall–Kier alpha value is -2.40. The second-order valence-corrected chi connectivity index (χ2v) is 6.46. The van der Waals surface area contributed by atoms with Gasteiger partial charge < -0.3 is 15.3 Å². The number of urea groups is 1. The molecule has 1 saturated heterocycles. The number of piperidine rings is 1. The van der Waals surface area contributed by atoms with Crippen molar-refractivity contribution in [2.45, 2.75) is 18.9 Å². The average Bonchev–Trinajstić information content (AvgIpc) is 2.66. The first-order valence-corrected chi connectivity index (χ1v) is 8.64. The number of hydrogen-bond acceptors (Lipinski definition) is 2. The number of nitrogens with one attached hydrogen (secondary N) is 1. The molecule has 4 nitrogen and oxygen atoms in total. The van der Waals surface area contributed by atoms with Gasteiger partial charge in [0.15, 0.2) is 0 Å². The van der Waals surface area contributed by atoms with Crippen LogP contribution in [0.2, 0.25) is 0 Å². The van der Waals surface area contributed by atoms with E-state index in [0.717, 1.165) is 18.4 Å². The topological polar surface area (TPSA) is 52.6 Å². The summed E-state index contributed by atoms with van der Waals surface area (Å²) in [5.41, 5.74) is 1.62. The summed E-state index contributed by atoms with van der Waals surface area (Å²) in [6.07, 6.45) is 1.61. The highest BCUT2D eigenvalue weighted by atomic mass is 19.1. The lowest BCUT2D eigenvalue weighted by atomic mass is 9.97. The molecule has 2 N–H and O–H groups in total. The van der Waals surface area contributed by atoms with Crippen LogP contribution in [-0.2, 0) is 0 Å². The Kier molecular flexibility index (Phi) is 5.66. The zero-order valence-electron chi connectivity index (χ0n) is 14.1. The fraction of sp³-hybridized carbons (Fsp3) is 0.350. The first kappa shape index (κ1) is 17.4. The Morgan fingerprint density at radius 2 is 1.80 bits per heavy atom. The van der Waals surface area contributed by atoms with Crippen molar-refractivity contribution in [2.75, 3.05) is 19.7 Å². The maximum Gasteiger partial charge on any atom is 0.318 e. The molecule has 2 aromatic carbocycles. The molecular weight excluding hydrogens is 319 g/mol. The Morgan fingerprint density at radius 1 is 1.12 bits per heavy atom. The summed E-state index contributed by atoms with van der Waals surface area (Å²) in [6.45, 7) is 1.43. The molecule has 0 radical (unpaired) electrons. The number of likely N-dealkylation sites (tertiary alicyclic amines) is 1. The quantitative estimate of drug-likeness (QED) is 0.895. The summed E-state index contributed by atoms with van der Waals surface area (Å²) in [5, 5.41) is 12.3. The van der Waals surface area contributed by atoms with Gasteiger partial charge in [0.2, 0.25) is 0 Å². The Morgan fingerprint density at radius 3 is 2.44 bits per heavy atom. The molecule has 2 aromatic rings. The number of benzene rings is 2. The van der Waals surface area contributed by atoms with E-state index < -0.39 is 6.04 Å². The van der Waals surface area contributed by atoms with Gasteiger partial charge in [0.1, 0.15) is 5.82 Å². The lowest BCUT2D eigenvalue weighted by Gasteiger charge is -2.32. The van der Waals surface area contributed by atoms with E-state index >= 15 is 0 Å². The fourth-order valence-corrected chi connectivity index (χ4v) is 3.22. The molecule has 0 saturated carbocycles. The number of nitrogens with zero attached hydrogens (tertiary/aromatic N) is 1. The lowest BCUT2D eigenvalue weighted by molar-refractivity contribution is 0.136. The van der Waals surface area contributed by atoms with Gasteiger partial charge in [-0.25, -0.2) is 9.18 Å². The van der Waals surface area contributed by atoms with Crippen LogP contribution < -0.4 is 5.32 Å². The van der Waals surface area contributed by atoms with Crippen molar-refractivity contribution in [3.05, 3.63) is 71.5 Å². The third-order valence-electron chi connectivity index (χ3n) is 4.74. The third kappa shape index (κ3) is 4.37. The smallest absolute Gasteiger partial charge is 0.318 e. The van der Waals surface area contributed by atoms with Gasteiger partial charge in [0.25, 0.3) is 0 Å². The fourth-order valence-electron chi connectivity index (χ4n) is 3.22. The molecule has 0 bridgehead atoms. The molecule has 1 aliphatic rings. The van der Waals surface area contributed by atoms with Gasteiger partial charge in [-0.2, -0.15) is 0 Å². The monoisotopic (exact) mass is 342 g/mol. The molecule has 2 amide bonds. The summed E-state index contributed by atoms with van der Waals surface area (Å²) in [4.78, 5) is 14.5. The Labute approximate surface area is 147 Å². The van der Waals surface area contributed by atoms with E-state index in [0.29, 0.717) is 18.7 Å². The molecule has 0 unspecified atom stereocenters. The molecular formula is C20H23FN2O2. The number of amides is 2. The van der Waals surface area contributed by atoms with Crippen LogP contribution in [0.1, 0.15) is 30.0 Å². The van der Waals surface area contributed by atoms with Crippen LogP contribution >= 0.6 is 0 Å². The van der Waals surface area contributed by atoms with Gasteiger partial charge >= 0.3 is 6.03 Å². The number of aliphatic hydroxyl groups is 1. The minimum absolute atomic E-state index is 0.158. The van der Waals surface area contributed by atoms with Crippen LogP contribution in [0.15, 0.2) is 54.6 Å². The highest BCUT2D eigenvalue weighted by Crippen LogP contribution is 2.24. The molecule has 5 heteroatoms. The predicted molar refractivity (Wildman–Crippen MR) is 94.6 cm³/mol. The SMILES string of the molecule is O=C(N[C@@H](c1ccccc1)c1cccc(F)c1)N1CCC(CO)CC1. The number of carbonyl (C=O) groups excluding carboxylic acids is 1. The van der Waals surface area contributed by atoms with E-state index in [1.54, 1.807) is 11.0 Å². The van der Waals surface area contributed by atoms with Crippen molar-refractivity contribution in [3.63, 3.8) is 0 Å². The van der Waals surface area contributed by atoms with Gasteiger partial charge in [0, 0.05) is 19.7 Å². The van der Waals surface area contributed by atoms with Gasteiger partial charge in [-0.15, -0.1) is 0 Å². The minimum Gasteiger partial charge on any atom is -0.396 e. The summed E-state index contributed by atoms with van der Waals surface area (Å²) < 4.78 is 13.7. The van der Waals surface area contributed by atoms with Crippen molar-refractivity contribution in [1.82, 2.24) is 10.2 Å². The molecule has 132 valence electrons. The summed E-state index contributed by atoms with van der Waals surface area (Å²) in [6, 6.07) is 15.3. The second-order valence-electron chi connectivity index (χ2n) is 6.46. The predicted octanol–water partition coefficient (Wildman–Crippen LogP) is 3.33. The minimum atomic E-state index is -0.403. The van der Waals surface area contributed by atoms with Crippen molar-refractivity contribution >= 4 is 6.03 Å². The average molecular weight is 342 g/mol. The van der Waals surface area contributed by atoms with E-state index in [-0.39, 0.29) is 24.4 Å². The van der Waals surface area contributed by atoms with Crippen LogP contribution in [-0.4, -0.2) is 35.7 Å². The number of rotatable bonds is 4. The highest BCUT2D eigenvalue weighted by Gasteiger charge is 2.25. The van der Waals surface area contributed by atoms with Gasteiger partial charge in [-0.05, 0) is 42.0 Å². The Balaban J connectivity index is 1.77. The summed E-state index contributed by atoms with van der Waals surface area (Å²) in [5.74, 6) is -0.0476. The van der Waals surface area contributed by atoms with E-state index in [1.165, 1.54) is 12.1 Å². The van der Waals surface area contributed by atoms with E-state index in [1.807, 2.05) is 36.4 Å². The molecule has 1 heterocycles. The molecule has 1 atom stereocenters. The summed E-state index contributed by atoms with van der Waals surface area (Å²) >= 11 is 0. The number of halogens is 1.